The summed E-state index contributed by atoms with van der Waals surface area (Å²) in [7, 11) is 0. The van der Waals surface area contributed by atoms with Gasteiger partial charge < -0.3 is 14.4 Å². The van der Waals surface area contributed by atoms with E-state index in [1.54, 1.807) is 6.07 Å². The minimum atomic E-state index is -1.00. The van der Waals surface area contributed by atoms with Crippen molar-refractivity contribution >= 4 is 5.97 Å². The summed E-state index contributed by atoms with van der Waals surface area (Å²) in [5.74, 6) is -0.498. The minimum Gasteiger partial charge on any atom is -0.479 e. The third kappa shape index (κ3) is 3.42. The van der Waals surface area contributed by atoms with Crippen LogP contribution in [0.4, 0.5) is 0 Å². The number of rotatable bonds is 5. The maximum absolute atomic E-state index is 10.6. The largest absolute Gasteiger partial charge is 0.479 e. The number of carboxylic acids is 1. The Morgan fingerprint density at radius 2 is 2.11 bits per heavy atom. The van der Waals surface area contributed by atoms with Gasteiger partial charge in [-0.3, -0.25) is 0 Å². The molecule has 1 N–H and O–H groups in total. The number of hydrogen-bond acceptors (Lipinski definition) is 4. The van der Waals surface area contributed by atoms with Crippen molar-refractivity contribution in [2.24, 2.45) is 0 Å². The highest BCUT2D eigenvalue weighted by Crippen LogP contribution is 2.20. The highest BCUT2D eigenvalue weighted by atomic mass is 16.5. The fourth-order valence-corrected chi connectivity index (χ4v) is 1.52. The highest BCUT2D eigenvalue weighted by molar-refractivity contribution is 5.71. The van der Waals surface area contributed by atoms with Gasteiger partial charge in [-0.15, -0.1) is 0 Å². The van der Waals surface area contributed by atoms with E-state index in [4.69, 9.17) is 14.4 Å². The molecule has 0 aliphatic rings. The molecule has 0 saturated heterocycles. The van der Waals surface area contributed by atoms with Crippen LogP contribution >= 0.6 is 0 Å². The van der Waals surface area contributed by atoms with Crippen molar-refractivity contribution in [3.8, 4) is 11.3 Å². The van der Waals surface area contributed by atoms with Crippen molar-refractivity contribution in [3.63, 3.8) is 0 Å². The van der Waals surface area contributed by atoms with Crippen molar-refractivity contribution in [2.75, 3.05) is 0 Å². The number of aryl methyl sites for hydroxylation is 1. The molecular formula is C14H15NO4. The molecule has 0 unspecified atom stereocenters. The molecule has 19 heavy (non-hydrogen) atoms. The van der Waals surface area contributed by atoms with E-state index in [0.29, 0.717) is 11.5 Å². The van der Waals surface area contributed by atoms with E-state index in [2.05, 4.69) is 5.16 Å². The molecule has 100 valence electrons. The van der Waals surface area contributed by atoms with Gasteiger partial charge in [-0.25, -0.2) is 4.79 Å². The van der Waals surface area contributed by atoms with Crippen molar-refractivity contribution in [3.05, 3.63) is 41.7 Å². The molecule has 1 aromatic carbocycles. The zero-order chi connectivity index (χ0) is 13.8. The highest BCUT2D eigenvalue weighted by Gasteiger charge is 2.13. The van der Waals surface area contributed by atoms with Gasteiger partial charge >= 0.3 is 5.97 Å². The molecule has 1 aromatic heterocycles. The predicted molar refractivity (Wildman–Crippen MR) is 68.6 cm³/mol. The number of aliphatic carboxylic acids is 1. The Hall–Kier alpha value is -2.14. The minimum absolute atomic E-state index is 0.0896. The Labute approximate surface area is 110 Å². The smallest absolute Gasteiger partial charge is 0.332 e. The van der Waals surface area contributed by atoms with Crippen molar-refractivity contribution in [1.82, 2.24) is 5.16 Å². The molecule has 0 aliphatic heterocycles. The summed E-state index contributed by atoms with van der Waals surface area (Å²) in [5.41, 5.74) is 2.83. The van der Waals surface area contributed by atoms with E-state index >= 15 is 0 Å². The number of nitrogens with zero attached hydrogens (tertiary/aromatic N) is 1. The number of carbonyl (C=O) groups is 1. The molecule has 1 heterocycles. The van der Waals surface area contributed by atoms with Gasteiger partial charge in [0.2, 0.25) is 0 Å². The summed E-state index contributed by atoms with van der Waals surface area (Å²) in [6.07, 6.45) is -0.868. The van der Waals surface area contributed by atoms with E-state index in [1.165, 1.54) is 12.5 Å². The first-order valence-electron chi connectivity index (χ1n) is 5.93. The second kappa shape index (κ2) is 5.67. The Morgan fingerprint density at radius 1 is 1.42 bits per heavy atom. The maximum Gasteiger partial charge on any atom is 0.332 e. The number of benzene rings is 1. The quantitative estimate of drug-likeness (QED) is 0.895. The van der Waals surface area contributed by atoms with Crippen LogP contribution in [-0.2, 0) is 16.1 Å². The van der Waals surface area contributed by atoms with Gasteiger partial charge in [0.15, 0.2) is 11.9 Å². The fourth-order valence-electron chi connectivity index (χ4n) is 1.52. The SMILES string of the molecule is Cc1ccc(-c2cc(CO[C@H](C)C(=O)O)on2)cc1. The average Bonchev–Trinajstić information content (AvgIpc) is 2.85. The molecule has 0 radical (unpaired) electrons. The van der Waals surface area contributed by atoms with Gasteiger partial charge in [-0.2, -0.15) is 0 Å². The first kappa shape index (κ1) is 13.3. The molecule has 0 fully saturated rings. The van der Waals surface area contributed by atoms with Crippen molar-refractivity contribution in [1.29, 1.82) is 0 Å². The van der Waals surface area contributed by atoms with Gasteiger partial charge in [-0.1, -0.05) is 35.0 Å². The average molecular weight is 261 g/mol. The monoisotopic (exact) mass is 261 g/mol. The zero-order valence-electron chi connectivity index (χ0n) is 10.8. The zero-order valence-corrected chi connectivity index (χ0v) is 10.8. The first-order valence-corrected chi connectivity index (χ1v) is 5.93. The lowest BCUT2D eigenvalue weighted by atomic mass is 10.1. The van der Waals surface area contributed by atoms with Crippen LogP contribution < -0.4 is 0 Å². The molecule has 0 aliphatic carbocycles. The molecule has 2 aromatic rings. The summed E-state index contributed by atoms with van der Waals surface area (Å²) >= 11 is 0. The van der Waals surface area contributed by atoms with E-state index in [0.717, 1.165) is 5.56 Å². The van der Waals surface area contributed by atoms with E-state index in [9.17, 15) is 4.79 Å². The standard InChI is InChI=1S/C14H15NO4/c1-9-3-5-11(6-4-9)13-7-12(19-15-13)8-18-10(2)14(16)17/h3-7,10H,8H2,1-2H3,(H,16,17)/t10-/m1/s1. The predicted octanol–water partition coefficient (Wildman–Crippen LogP) is 2.64. The number of ether oxygens (including phenoxy) is 1. The number of aromatic nitrogens is 1. The van der Waals surface area contributed by atoms with Crippen LogP contribution in [0.2, 0.25) is 0 Å². The third-order valence-corrected chi connectivity index (χ3v) is 2.73. The molecule has 0 saturated carbocycles. The lowest BCUT2D eigenvalue weighted by molar-refractivity contribution is -0.150. The second-order valence-electron chi connectivity index (χ2n) is 4.34. The topological polar surface area (TPSA) is 72.6 Å². The van der Waals surface area contributed by atoms with Crippen LogP contribution in [0.3, 0.4) is 0 Å². The second-order valence-corrected chi connectivity index (χ2v) is 4.34. The van der Waals surface area contributed by atoms with Crippen LogP contribution in [0.1, 0.15) is 18.2 Å². The van der Waals surface area contributed by atoms with Crippen molar-refractivity contribution < 1.29 is 19.2 Å². The summed E-state index contributed by atoms with van der Waals surface area (Å²) in [5, 5.41) is 12.6. The van der Waals surface area contributed by atoms with Crippen LogP contribution in [0.25, 0.3) is 11.3 Å². The lowest BCUT2D eigenvalue weighted by Crippen LogP contribution is -2.19. The Morgan fingerprint density at radius 3 is 2.74 bits per heavy atom. The summed E-state index contributed by atoms with van der Waals surface area (Å²) < 4.78 is 10.2. The van der Waals surface area contributed by atoms with Crippen LogP contribution in [0.15, 0.2) is 34.9 Å². The molecular weight excluding hydrogens is 246 g/mol. The van der Waals surface area contributed by atoms with Gasteiger partial charge in [0, 0.05) is 11.6 Å². The normalized spacial score (nSPS) is 12.3. The molecule has 0 spiro atoms. The van der Waals surface area contributed by atoms with Gasteiger partial charge in [0.05, 0.1) is 0 Å². The molecule has 0 bridgehead atoms. The van der Waals surface area contributed by atoms with Crippen molar-refractivity contribution in [2.45, 2.75) is 26.6 Å². The Bertz CT molecular complexity index is 559. The Balaban J connectivity index is 2.03. The summed E-state index contributed by atoms with van der Waals surface area (Å²) in [6, 6.07) is 9.65. The fraction of sp³-hybridized carbons (Fsp3) is 0.286. The van der Waals surface area contributed by atoms with Crippen LogP contribution in [-0.4, -0.2) is 22.3 Å². The maximum atomic E-state index is 10.6. The van der Waals surface area contributed by atoms with Gasteiger partial charge in [0.25, 0.3) is 0 Å². The number of hydrogen-bond donors (Lipinski definition) is 1. The molecule has 1 atom stereocenters. The number of carboxylic acid groups (broad SMARTS) is 1. The van der Waals surface area contributed by atoms with E-state index < -0.39 is 12.1 Å². The van der Waals surface area contributed by atoms with Crippen LogP contribution in [0, 0.1) is 6.92 Å². The van der Waals surface area contributed by atoms with Gasteiger partial charge in [0.1, 0.15) is 12.3 Å². The molecule has 5 heteroatoms. The third-order valence-electron chi connectivity index (χ3n) is 2.73. The van der Waals surface area contributed by atoms with Crippen LogP contribution in [0.5, 0.6) is 0 Å². The van der Waals surface area contributed by atoms with E-state index in [-0.39, 0.29) is 6.61 Å². The summed E-state index contributed by atoms with van der Waals surface area (Å²) in [6.45, 7) is 3.57. The first-order chi connectivity index (χ1) is 9.06. The summed E-state index contributed by atoms with van der Waals surface area (Å²) in [4.78, 5) is 10.6. The molecule has 2 rings (SSSR count). The Kier molecular flexibility index (Phi) is 3.97. The molecule has 5 nitrogen and oxygen atoms in total. The van der Waals surface area contributed by atoms with Gasteiger partial charge in [-0.05, 0) is 13.8 Å². The van der Waals surface area contributed by atoms with E-state index in [1.807, 2.05) is 31.2 Å². The lowest BCUT2D eigenvalue weighted by Gasteiger charge is -2.04. The molecule has 0 amide bonds.